The van der Waals surface area contributed by atoms with Gasteiger partial charge >= 0.3 is 0 Å². The molecule has 0 radical (unpaired) electrons. The number of methoxy groups -OCH3 is 1. The summed E-state index contributed by atoms with van der Waals surface area (Å²) in [5.74, 6) is 0.643. The number of ether oxygens (including phenoxy) is 1. The van der Waals surface area contributed by atoms with Gasteiger partial charge in [0.25, 0.3) is 5.91 Å². The van der Waals surface area contributed by atoms with Crippen molar-refractivity contribution in [2.45, 2.75) is 25.7 Å². The van der Waals surface area contributed by atoms with Gasteiger partial charge in [0, 0.05) is 36.1 Å². The van der Waals surface area contributed by atoms with Crippen LogP contribution in [0.3, 0.4) is 0 Å². The minimum Gasteiger partial charge on any atom is -0.497 e. The lowest BCUT2D eigenvalue weighted by Crippen LogP contribution is -2.31. The number of amides is 2. The quantitative estimate of drug-likeness (QED) is 0.799. The zero-order valence-corrected chi connectivity index (χ0v) is 16.2. The molecule has 0 aliphatic carbocycles. The number of carbonyl (C=O) groups is 2. The first-order valence-electron chi connectivity index (χ1n) is 9.73. The fourth-order valence-electron chi connectivity index (χ4n) is 3.27. The van der Waals surface area contributed by atoms with Crippen LogP contribution in [0.15, 0.2) is 48.5 Å². The number of nitrogens with zero attached hydrogens (tertiary/aromatic N) is 1. The van der Waals surface area contributed by atoms with Gasteiger partial charge in [-0.2, -0.15) is 0 Å². The second-order valence-corrected chi connectivity index (χ2v) is 6.92. The minimum atomic E-state index is -0.158. The lowest BCUT2D eigenvalue weighted by atomic mass is 10.1. The summed E-state index contributed by atoms with van der Waals surface area (Å²) >= 11 is 0. The normalized spacial score (nSPS) is 14.1. The summed E-state index contributed by atoms with van der Waals surface area (Å²) in [6, 6.07) is 14.5. The molecule has 2 N–H and O–H groups in total. The molecule has 0 atom stereocenters. The third-order valence-corrected chi connectivity index (χ3v) is 4.83. The zero-order chi connectivity index (χ0) is 19.8. The van der Waals surface area contributed by atoms with Crippen molar-refractivity contribution in [1.29, 1.82) is 0 Å². The maximum absolute atomic E-state index is 12.6. The molecule has 6 nitrogen and oxygen atoms in total. The molecule has 1 aliphatic heterocycles. The number of carbonyl (C=O) groups excluding carboxylic acids is 2. The molecular formula is C22H27N3O3. The van der Waals surface area contributed by atoms with Crippen LogP contribution < -0.4 is 15.4 Å². The highest BCUT2D eigenvalue weighted by molar-refractivity contribution is 5.96. The van der Waals surface area contributed by atoms with E-state index in [0.29, 0.717) is 11.3 Å². The molecule has 1 heterocycles. The highest BCUT2D eigenvalue weighted by Crippen LogP contribution is 2.17. The van der Waals surface area contributed by atoms with Crippen LogP contribution >= 0.6 is 0 Å². The van der Waals surface area contributed by atoms with Gasteiger partial charge in [-0.1, -0.05) is 18.9 Å². The van der Waals surface area contributed by atoms with E-state index >= 15 is 0 Å². The number of hydrogen-bond acceptors (Lipinski definition) is 4. The van der Waals surface area contributed by atoms with Gasteiger partial charge in [0.1, 0.15) is 5.75 Å². The third kappa shape index (κ3) is 5.49. The van der Waals surface area contributed by atoms with Gasteiger partial charge in [-0.05, 0) is 49.2 Å². The lowest BCUT2D eigenvalue weighted by Gasteiger charge is -2.20. The van der Waals surface area contributed by atoms with Crippen molar-refractivity contribution in [3.05, 3.63) is 54.1 Å². The summed E-state index contributed by atoms with van der Waals surface area (Å²) in [6.07, 6.45) is 4.53. The van der Waals surface area contributed by atoms with Crippen LogP contribution in [-0.4, -0.2) is 43.5 Å². The summed E-state index contributed by atoms with van der Waals surface area (Å²) < 4.78 is 5.17. The molecule has 2 aromatic rings. The Balaban J connectivity index is 1.51. The summed E-state index contributed by atoms with van der Waals surface area (Å²) in [5.41, 5.74) is 2.15. The monoisotopic (exact) mass is 381 g/mol. The Labute approximate surface area is 165 Å². The molecule has 1 fully saturated rings. The van der Waals surface area contributed by atoms with E-state index in [2.05, 4.69) is 10.6 Å². The second-order valence-electron chi connectivity index (χ2n) is 6.92. The Morgan fingerprint density at radius 3 is 2.36 bits per heavy atom. The molecule has 0 bridgehead atoms. The molecule has 28 heavy (non-hydrogen) atoms. The Kier molecular flexibility index (Phi) is 6.89. The van der Waals surface area contributed by atoms with Crippen molar-refractivity contribution in [3.8, 4) is 5.75 Å². The first-order valence-corrected chi connectivity index (χ1v) is 9.73. The maximum Gasteiger partial charge on any atom is 0.253 e. The molecular weight excluding hydrogens is 354 g/mol. The summed E-state index contributed by atoms with van der Waals surface area (Å²) in [5, 5.41) is 5.90. The van der Waals surface area contributed by atoms with E-state index in [0.717, 1.165) is 37.4 Å². The van der Waals surface area contributed by atoms with Crippen molar-refractivity contribution in [3.63, 3.8) is 0 Å². The Bertz CT molecular complexity index is 797. The number of benzene rings is 2. The predicted octanol–water partition coefficient (Wildman–Crippen LogP) is 3.76. The Morgan fingerprint density at radius 1 is 0.964 bits per heavy atom. The highest BCUT2D eigenvalue weighted by atomic mass is 16.5. The molecule has 148 valence electrons. The Hall–Kier alpha value is -3.02. The number of nitrogens with one attached hydrogen (secondary N) is 2. The van der Waals surface area contributed by atoms with E-state index in [-0.39, 0.29) is 18.4 Å². The average Bonchev–Trinajstić information content (AvgIpc) is 3.02. The molecule has 0 saturated carbocycles. The van der Waals surface area contributed by atoms with Crippen LogP contribution in [-0.2, 0) is 4.79 Å². The number of likely N-dealkylation sites (tertiary alicyclic amines) is 1. The molecule has 2 aromatic carbocycles. The van der Waals surface area contributed by atoms with Gasteiger partial charge in [-0.15, -0.1) is 0 Å². The third-order valence-electron chi connectivity index (χ3n) is 4.83. The maximum atomic E-state index is 12.6. The van der Waals surface area contributed by atoms with Crippen molar-refractivity contribution in [2.75, 3.05) is 37.4 Å². The van der Waals surface area contributed by atoms with E-state index < -0.39 is 0 Å². The minimum absolute atomic E-state index is 0.0690. The van der Waals surface area contributed by atoms with Crippen LogP contribution in [0.25, 0.3) is 0 Å². The molecule has 2 amide bonds. The summed E-state index contributed by atoms with van der Waals surface area (Å²) in [6.45, 7) is 1.79. The van der Waals surface area contributed by atoms with Gasteiger partial charge in [-0.3, -0.25) is 9.59 Å². The SMILES string of the molecule is COc1cccc(NCC(=O)Nc2ccc(C(=O)N3CCCCCC3)cc2)c1. The molecule has 0 spiro atoms. The number of anilines is 2. The van der Waals surface area contributed by atoms with Crippen LogP contribution in [0.2, 0.25) is 0 Å². The molecule has 1 saturated heterocycles. The van der Waals surface area contributed by atoms with Crippen LogP contribution in [0.1, 0.15) is 36.0 Å². The molecule has 0 unspecified atom stereocenters. The average molecular weight is 381 g/mol. The summed E-state index contributed by atoms with van der Waals surface area (Å²) in [4.78, 5) is 26.7. The van der Waals surface area contributed by atoms with E-state index in [4.69, 9.17) is 4.74 Å². The largest absolute Gasteiger partial charge is 0.497 e. The van der Waals surface area contributed by atoms with E-state index in [1.54, 1.807) is 31.4 Å². The number of hydrogen-bond donors (Lipinski definition) is 2. The van der Waals surface area contributed by atoms with E-state index in [1.165, 1.54) is 12.8 Å². The predicted molar refractivity (Wildman–Crippen MR) is 111 cm³/mol. The second kappa shape index (κ2) is 9.78. The molecule has 1 aliphatic rings. The standard InChI is InChI=1S/C22H27N3O3/c1-28-20-8-6-7-19(15-20)23-16-21(26)24-18-11-9-17(10-12-18)22(27)25-13-4-2-3-5-14-25/h6-12,15,23H,2-5,13-14,16H2,1H3,(H,24,26). The fraction of sp³-hybridized carbons (Fsp3) is 0.364. The first-order chi connectivity index (χ1) is 13.7. The van der Waals surface area contributed by atoms with Gasteiger partial charge in [0.05, 0.1) is 13.7 Å². The van der Waals surface area contributed by atoms with Gasteiger partial charge in [0.15, 0.2) is 0 Å². The van der Waals surface area contributed by atoms with Gasteiger partial charge in [-0.25, -0.2) is 0 Å². The van der Waals surface area contributed by atoms with Crippen LogP contribution in [0, 0.1) is 0 Å². The van der Waals surface area contributed by atoms with E-state index in [9.17, 15) is 9.59 Å². The van der Waals surface area contributed by atoms with Crippen LogP contribution in [0.5, 0.6) is 5.75 Å². The van der Waals surface area contributed by atoms with Gasteiger partial charge < -0.3 is 20.3 Å². The Morgan fingerprint density at radius 2 is 1.68 bits per heavy atom. The fourth-order valence-corrected chi connectivity index (χ4v) is 3.27. The summed E-state index contributed by atoms with van der Waals surface area (Å²) in [7, 11) is 1.60. The number of rotatable bonds is 6. The van der Waals surface area contributed by atoms with Gasteiger partial charge in [0.2, 0.25) is 5.91 Å². The topological polar surface area (TPSA) is 70.7 Å². The molecule has 3 rings (SSSR count). The van der Waals surface area contributed by atoms with Crippen molar-refractivity contribution >= 4 is 23.2 Å². The lowest BCUT2D eigenvalue weighted by molar-refractivity contribution is -0.114. The van der Waals surface area contributed by atoms with Crippen molar-refractivity contribution in [2.24, 2.45) is 0 Å². The van der Waals surface area contributed by atoms with Crippen LogP contribution in [0.4, 0.5) is 11.4 Å². The zero-order valence-electron chi connectivity index (χ0n) is 16.2. The van der Waals surface area contributed by atoms with E-state index in [1.807, 2.05) is 29.2 Å². The highest BCUT2D eigenvalue weighted by Gasteiger charge is 2.17. The molecule has 6 heteroatoms. The smallest absolute Gasteiger partial charge is 0.253 e. The van der Waals surface area contributed by atoms with Crippen molar-refractivity contribution < 1.29 is 14.3 Å². The van der Waals surface area contributed by atoms with Crippen molar-refractivity contribution in [1.82, 2.24) is 4.90 Å². The first kappa shape index (κ1) is 19.7. The molecule has 0 aromatic heterocycles.